The van der Waals surface area contributed by atoms with Gasteiger partial charge in [0, 0.05) is 21.2 Å². The van der Waals surface area contributed by atoms with E-state index in [2.05, 4.69) is 31.1 Å². The molecular formula is C28H21BrN4O4S. The number of halogens is 1. The third-order valence-corrected chi connectivity index (χ3v) is 7.90. The van der Waals surface area contributed by atoms with Crippen LogP contribution in [0.1, 0.15) is 16.1 Å². The van der Waals surface area contributed by atoms with Gasteiger partial charge in [-0.25, -0.2) is 8.42 Å². The summed E-state index contributed by atoms with van der Waals surface area (Å²) >= 11 is 3.33. The number of aromatic nitrogens is 2. The Labute approximate surface area is 227 Å². The number of carbonyl (C=O) groups is 1. The molecule has 10 heteroatoms. The lowest BCUT2D eigenvalue weighted by molar-refractivity contribution is 0.102. The molecule has 0 unspecified atom stereocenters. The normalized spacial score (nSPS) is 11.3. The summed E-state index contributed by atoms with van der Waals surface area (Å²) in [4.78, 5) is 26.6. The van der Waals surface area contributed by atoms with Gasteiger partial charge >= 0.3 is 0 Å². The Bertz CT molecular complexity index is 1840. The second-order valence-electron chi connectivity index (χ2n) is 8.49. The molecule has 0 saturated carbocycles. The SMILES string of the molecule is Cc1ccc(NC(=O)c2nn(-c3ccccc3)c(=O)c3ccccc23)cc1S(=O)(=O)Nc1ccc(Br)cc1. The predicted octanol–water partition coefficient (Wildman–Crippen LogP) is 5.51. The fourth-order valence-corrected chi connectivity index (χ4v) is 5.58. The van der Waals surface area contributed by atoms with E-state index in [0.29, 0.717) is 27.7 Å². The molecule has 1 heterocycles. The number of nitrogens with zero attached hydrogens (tertiary/aromatic N) is 2. The van der Waals surface area contributed by atoms with Gasteiger partial charge in [-0.3, -0.25) is 14.3 Å². The van der Waals surface area contributed by atoms with Gasteiger partial charge in [0.15, 0.2) is 5.69 Å². The van der Waals surface area contributed by atoms with Crippen LogP contribution in [0.15, 0.2) is 111 Å². The second-order valence-corrected chi connectivity index (χ2v) is 11.1. The Hall–Kier alpha value is -4.28. The number of aryl methyl sites for hydroxylation is 1. The van der Waals surface area contributed by atoms with Gasteiger partial charge in [-0.15, -0.1) is 0 Å². The zero-order valence-electron chi connectivity index (χ0n) is 20.1. The summed E-state index contributed by atoms with van der Waals surface area (Å²) in [6, 6.07) is 26.9. The average molecular weight is 589 g/mol. The molecule has 0 bridgehead atoms. The number of carbonyl (C=O) groups excluding carboxylic acids is 1. The number of rotatable bonds is 6. The Balaban J connectivity index is 1.52. The maximum Gasteiger partial charge on any atom is 0.279 e. The lowest BCUT2D eigenvalue weighted by Crippen LogP contribution is -2.26. The standard InChI is InChI=1S/C28H21BrN4O4S/c1-18-11-14-21(17-25(18)38(36,37)32-20-15-12-19(29)13-16-20)30-27(34)26-23-9-5-6-10-24(23)28(35)33(31-26)22-7-3-2-4-8-22/h2-17,32H,1H3,(H,30,34). The van der Waals surface area contributed by atoms with Gasteiger partial charge in [-0.1, -0.05) is 58.4 Å². The first-order valence-corrected chi connectivity index (χ1v) is 13.8. The molecule has 5 rings (SSSR count). The highest BCUT2D eigenvalue weighted by molar-refractivity contribution is 9.10. The van der Waals surface area contributed by atoms with Crippen molar-refractivity contribution in [2.75, 3.05) is 10.0 Å². The number of amides is 1. The molecule has 0 spiro atoms. The smallest absolute Gasteiger partial charge is 0.279 e. The highest BCUT2D eigenvalue weighted by atomic mass is 79.9. The zero-order chi connectivity index (χ0) is 26.9. The van der Waals surface area contributed by atoms with Crippen molar-refractivity contribution < 1.29 is 13.2 Å². The van der Waals surface area contributed by atoms with Crippen molar-refractivity contribution in [2.45, 2.75) is 11.8 Å². The number of benzene rings is 4. The van der Waals surface area contributed by atoms with Crippen molar-refractivity contribution in [3.8, 4) is 5.69 Å². The minimum Gasteiger partial charge on any atom is -0.321 e. The highest BCUT2D eigenvalue weighted by Gasteiger charge is 2.21. The molecule has 8 nitrogen and oxygen atoms in total. The van der Waals surface area contributed by atoms with Crippen molar-refractivity contribution in [2.24, 2.45) is 0 Å². The Morgan fingerprint density at radius 3 is 2.18 bits per heavy atom. The number of nitrogens with one attached hydrogen (secondary N) is 2. The maximum atomic E-state index is 13.4. The van der Waals surface area contributed by atoms with E-state index in [-0.39, 0.29) is 21.8 Å². The summed E-state index contributed by atoms with van der Waals surface area (Å²) in [5, 5.41) is 7.84. The molecule has 190 valence electrons. The molecule has 2 N–H and O–H groups in total. The van der Waals surface area contributed by atoms with E-state index in [0.717, 1.165) is 4.47 Å². The van der Waals surface area contributed by atoms with Gasteiger partial charge in [-0.05, 0) is 67.1 Å². The Morgan fingerprint density at radius 2 is 1.47 bits per heavy atom. The van der Waals surface area contributed by atoms with Crippen LogP contribution in [-0.4, -0.2) is 24.1 Å². The fourth-order valence-electron chi connectivity index (χ4n) is 3.99. The van der Waals surface area contributed by atoms with Crippen molar-refractivity contribution in [1.29, 1.82) is 0 Å². The lowest BCUT2D eigenvalue weighted by atomic mass is 10.1. The first-order chi connectivity index (χ1) is 18.2. The molecule has 38 heavy (non-hydrogen) atoms. The maximum absolute atomic E-state index is 13.4. The van der Waals surface area contributed by atoms with Crippen LogP contribution < -0.4 is 15.6 Å². The monoisotopic (exact) mass is 588 g/mol. The van der Waals surface area contributed by atoms with Crippen LogP contribution in [0.4, 0.5) is 11.4 Å². The molecule has 0 atom stereocenters. The average Bonchev–Trinajstić information content (AvgIpc) is 2.91. The molecular weight excluding hydrogens is 568 g/mol. The number of hydrogen-bond donors (Lipinski definition) is 2. The van der Waals surface area contributed by atoms with E-state index < -0.39 is 15.9 Å². The summed E-state index contributed by atoms with van der Waals surface area (Å²) in [6.45, 7) is 1.67. The van der Waals surface area contributed by atoms with Gasteiger partial charge in [0.05, 0.1) is 16.0 Å². The number of fused-ring (bicyclic) bond motifs is 1. The zero-order valence-corrected chi connectivity index (χ0v) is 22.5. The predicted molar refractivity (Wildman–Crippen MR) is 151 cm³/mol. The second kappa shape index (κ2) is 10.2. The van der Waals surface area contributed by atoms with Crippen LogP contribution in [0.5, 0.6) is 0 Å². The summed E-state index contributed by atoms with van der Waals surface area (Å²) < 4.78 is 30.9. The van der Waals surface area contributed by atoms with Crippen molar-refractivity contribution in [1.82, 2.24) is 9.78 Å². The molecule has 1 amide bonds. The van der Waals surface area contributed by atoms with E-state index in [1.807, 2.05) is 6.07 Å². The molecule has 0 aliphatic heterocycles. The van der Waals surface area contributed by atoms with Crippen LogP contribution in [0.25, 0.3) is 16.5 Å². The van der Waals surface area contributed by atoms with Crippen LogP contribution in [0.2, 0.25) is 0 Å². The lowest BCUT2D eigenvalue weighted by Gasteiger charge is -2.14. The Morgan fingerprint density at radius 1 is 0.842 bits per heavy atom. The first-order valence-electron chi connectivity index (χ1n) is 11.5. The number of hydrogen-bond acceptors (Lipinski definition) is 5. The van der Waals surface area contributed by atoms with Crippen molar-refractivity contribution in [3.63, 3.8) is 0 Å². The minimum atomic E-state index is -3.94. The molecule has 0 aliphatic carbocycles. The van der Waals surface area contributed by atoms with Crippen LogP contribution in [0, 0.1) is 6.92 Å². The fraction of sp³-hybridized carbons (Fsp3) is 0.0357. The third-order valence-electron chi connectivity index (χ3n) is 5.85. The topological polar surface area (TPSA) is 110 Å². The van der Waals surface area contributed by atoms with Crippen LogP contribution in [0.3, 0.4) is 0 Å². The van der Waals surface area contributed by atoms with E-state index in [9.17, 15) is 18.0 Å². The quantitative estimate of drug-likeness (QED) is 0.272. The largest absolute Gasteiger partial charge is 0.321 e. The third kappa shape index (κ3) is 5.09. The van der Waals surface area contributed by atoms with Crippen molar-refractivity contribution in [3.05, 3.63) is 123 Å². The minimum absolute atomic E-state index is 0.0188. The summed E-state index contributed by atoms with van der Waals surface area (Å²) in [7, 11) is -3.94. The number of para-hydroxylation sites is 1. The molecule has 5 aromatic rings. The Kier molecular flexibility index (Phi) is 6.83. The molecule has 4 aromatic carbocycles. The molecule has 0 aliphatic rings. The number of anilines is 2. The summed E-state index contributed by atoms with van der Waals surface area (Å²) in [5.74, 6) is -0.584. The van der Waals surface area contributed by atoms with Gasteiger partial charge in [0.25, 0.3) is 21.5 Å². The first kappa shape index (κ1) is 25.4. The van der Waals surface area contributed by atoms with E-state index >= 15 is 0 Å². The van der Waals surface area contributed by atoms with E-state index in [4.69, 9.17) is 0 Å². The van der Waals surface area contributed by atoms with E-state index in [1.165, 1.54) is 10.7 Å². The summed E-state index contributed by atoms with van der Waals surface area (Å²) in [5.41, 5.74) is 1.36. The van der Waals surface area contributed by atoms with Crippen LogP contribution in [-0.2, 0) is 10.0 Å². The molecule has 0 radical (unpaired) electrons. The molecule has 1 aromatic heterocycles. The highest BCUT2D eigenvalue weighted by Crippen LogP contribution is 2.25. The van der Waals surface area contributed by atoms with Gasteiger partial charge in [0.1, 0.15) is 0 Å². The van der Waals surface area contributed by atoms with Gasteiger partial charge in [-0.2, -0.15) is 9.78 Å². The number of sulfonamides is 1. The molecule has 0 fully saturated rings. The van der Waals surface area contributed by atoms with Crippen molar-refractivity contribution >= 4 is 54.0 Å². The van der Waals surface area contributed by atoms with Crippen LogP contribution >= 0.6 is 15.9 Å². The van der Waals surface area contributed by atoms with Gasteiger partial charge in [0.2, 0.25) is 0 Å². The molecule has 0 saturated heterocycles. The van der Waals surface area contributed by atoms with E-state index in [1.54, 1.807) is 91.9 Å². The summed E-state index contributed by atoms with van der Waals surface area (Å²) in [6.07, 6.45) is 0. The van der Waals surface area contributed by atoms with Gasteiger partial charge < -0.3 is 5.32 Å².